The van der Waals surface area contributed by atoms with Crippen molar-refractivity contribution >= 4 is 33.4 Å². The highest BCUT2D eigenvalue weighted by Gasteiger charge is 2.04. The molecule has 1 aromatic carbocycles. The summed E-state index contributed by atoms with van der Waals surface area (Å²) in [6, 6.07) is 8.16. The molecular formula is C12H14BrN3S. The lowest BCUT2D eigenvalue weighted by atomic mass is 10.2. The van der Waals surface area contributed by atoms with Crippen LogP contribution >= 0.6 is 27.7 Å². The van der Waals surface area contributed by atoms with Gasteiger partial charge in [-0.3, -0.25) is 4.68 Å². The van der Waals surface area contributed by atoms with Gasteiger partial charge in [-0.15, -0.1) is 11.8 Å². The van der Waals surface area contributed by atoms with Gasteiger partial charge in [0.1, 0.15) is 0 Å². The predicted octanol–water partition coefficient (Wildman–Crippen LogP) is 3.37. The van der Waals surface area contributed by atoms with Gasteiger partial charge in [0, 0.05) is 23.0 Å². The molecule has 0 fully saturated rings. The van der Waals surface area contributed by atoms with Crippen LogP contribution in [-0.2, 0) is 12.8 Å². The van der Waals surface area contributed by atoms with Gasteiger partial charge in [-0.05, 0) is 46.6 Å². The van der Waals surface area contributed by atoms with Crippen molar-refractivity contribution in [2.24, 2.45) is 7.05 Å². The summed E-state index contributed by atoms with van der Waals surface area (Å²) in [6.45, 7) is 2.00. The molecule has 2 N–H and O–H groups in total. The molecule has 0 spiro atoms. The monoisotopic (exact) mass is 311 g/mol. The normalized spacial score (nSPS) is 10.8. The fraction of sp³-hybridized carbons (Fsp3) is 0.250. The largest absolute Gasteiger partial charge is 0.398 e. The fourth-order valence-electron chi connectivity index (χ4n) is 1.56. The minimum absolute atomic E-state index is 0.782. The summed E-state index contributed by atoms with van der Waals surface area (Å²) < 4.78 is 2.85. The van der Waals surface area contributed by atoms with Crippen molar-refractivity contribution in [3.05, 3.63) is 40.0 Å². The van der Waals surface area contributed by atoms with Gasteiger partial charge in [0.05, 0.1) is 10.7 Å². The van der Waals surface area contributed by atoms with Crippen molar-refractivity contribution in [3.63, 3.8) is 0 Å². The van der Waals surface area contributed by atoms with E-state index in [1.165, 1.54) is 10.6 Å². The molecule has 3 nitrogen and oxygen atoms in total. The molecule has 90 valence electrons. The average molecular weight is 312 g/mol. The highest BCUT2D eigenvalue weighted by atomic mass is 79.9. The molecule has 0 radical (unpaired) electrons. The van der Waals surface area contributed by atoms with E-state index >= 15 is 0 Å². The molecule has 0 saturated heterocycles. The number of rotatable bonds is 3. The fourth-order valence-corrected chi connectivity index (χ4v) is 2.78. The zero-order valence-corrected chi connectivity index (χ0v) is 12.2. The zero-order valence-electron chi connectivity index (χ0n) is 9.77. The molecule has 1 heterocycles. The van der Waals surface area contributed by atoms with Crippen LogP contribution in [-0.4, -0.2) is 9.78 Å². The van der Waals surface area contributed by atoms with Crippen LogP contribution in [0.15, 0.2) is 33.8 Å². The van der Waals surface area contributed by atoms with Crippen molar-refractivity contribution in [1.29, 1.82) is 0 Å². The minimum atomic E-state index is 0.782. The molecule has 0 aliphatic carbocycles. The predicted molar refractivity (Wildman–Crippen MR) is 76.1 cm³/mol. The lowest BCUT2D eigenvalue weighted by Gasteiger charge is -2.04. The Labute approximate surface area is 114 Å². The number of nitrogens with zero attached hydrogens (tertiary/aromatic N) is 2. The van der Waals surface area contributed by atoms with Crippen molar-refractivity contribution in [2.75, 3.05) is 5.73 Å². The van der Waals surface area contributed by atoms with E-state index in [1.54, 1.807) is 11.8 Å². The second-order valence-corrected chi connectivity index (χ2v) is 5.74. The van der Waals surface area contributed by atoms with E-state index in [1.807, 2.05) is 30.8 Å². The van der Waals surface area contributed by atoms with Gasteiger partial charge in [0.15, 0.2) is 0 Å². The van der Waals surface area contributed by atoms with Gasteiger partial charge in [-0.1, -0.05) is 6.07 Å². The molecule has 0 unspecified atom stereocenters. The highest BCUT2D eigenvalue weighted by Crippen LogP contribution is 2.26. The molecule has 17 heavy (non-hydrogen) atoms. The van der Waals surface area contributed by atoms with Crippen LogP contribution in [0.3, 0.4) is 0 Å². The molecule has 0 aliphatic rings. The summed E-state index contributed by atoms with van der Waals surface area (Å²) in [5, 5.41) is 5.49. The molecule has 2 aromatic rings. The molecule has 0 aliphatic heterocycles. The lowest BCUT2D eigenvalue weighted by Crippen LogP contribution is -1.93. The number of aromatic nitrogens is 2. The molecule has 1 aromatic heterocycles. The Morgan fingerprint density at radius 1 is 1.41 bits per heavy atom. The van der Waals surface area contributed by atoms with Crippen molar-refractivity contribution in [3.8, 4) is 0 Å². The first-order chi connectivity index (χ1) is 8.06. The Bertz CT molecular complexity index is 537. The maximum Gasteiger partial charge on any atom is 0.0942 e. The van der Waals surface area contributed by atoms with E-state index in [0.717, 1.165) is 21.6 Å². The van der Waals surface area contributed by atoms with E-state index in [2.05, 4.69) is 33.2 Å². The third-order valence-corrected chi connectivity index (χ3v) is 4.28. The zero-order chi connectivity index (χ0) is 12.4. The molecule has 2 rings (SSSR count). The van der Waals surface area contributed by atoms with Gasteiger partial charge in [0.2, 0.25) is 0 Å². The van der Waals surface area contributed by atoms with Crippen LogP contribution in [0.4, 0.5) is 5.69 Å². The van der Waals surface area contributed by atoms with E-state index in [4.69, 9.17) is 5.73 Å². The number of anilines is 1. The van der Waals surface area contributed by atoms with Crippen molar-refractivity contribution in [2.45, 2.75) is 17.7 Å². The van der Waals surface area contributed by atoms with E-state index in [9.17, 15) is 0 Å². The number of nitrogens with two attached hydrogens (primary N) is 1. The number of hydrogen-bond acceptors (Lipinski definition) is 3. The van der Waals surface area contributed by atoms with Crippen LogP contribution in [0.1, 0.15) is 11.3 Å². The van der Waals surface area contributed by atoms with Crippen LogP contribution in [0.25, 0.3) is 0 Å². The van der Waals surface area contributed by atoms with E-state index in [0.29, 0.717) is 0 Å². The average Bonchev–Trinajstić information content (AvgIpc) is 2.59. The Hall–Kier alpha value is -0.940. The van der Waals surface area contributed by atoms with Crippen LogP contribution in [0.2, 0.25) is 0 Å². The number of hydrogen-bond donors (Lipinski definition) is 1. The third kappa shape index (κ3) is 3.04. The quantitative estimate of drug-likeness (QED) is 0.698. The standard InChI is InChI=1S/C12H14BrN3S/c1-8-5-12(16(2)15-8)17-7-9-3-4-10(13)11(14)6-9/h3-6H,7,14H2,1-2H3. The number of benzene rings is 1. The maximum atomic E-state index is 5.85. The van der Waals surface area contributed by atoms with E-state index < -0.39 is 0 Å². The van der Waals surface area contributed by atoms with Gasteiger partial charge >= 0.3 is 0 Å². The molecule has 0 atom stereocenters. The number of halogens is 1. The molecule has 0 bridgehead atoms. The molecule has 5 heteroatoms. The first-order valence-corrected chi connectivity index (χ1v) is 7.01. The van der Waals surface area contributed by atoms with Crippen molar-refractivity contribution in [1.82, 2.24) is 9.78 Å². The second kappa shape index (κ2) is 5.14. The van der Waals surface area contributed by atoms with Crippen LogP contribution in [0.5, 0.6) is 0 Å². The van der Waals surface area contributed by atoms with Gasteiger partial charge in [0.25, 0.3) is 0 Å². The van der Waals surface area contributed by atoms with Crippen LogP contribution in [0, 0.1) is 6.92 Å². The van der Waals surface area contributed by atoms with Gasteiger partial charge in [-0.25, -0.2) is 0 Å². The molecular weight excluding hydrogens is 298 g/mol. The molecule has 0 saturated carbocycles. The summed E-state index contributed by atoms with van der Waals surface area (Å²) in [4.78, 5) is 0. The van der Waals surface area contributed by atoms with Crippen LogP contribution < -0.4 is 5.73 Å². The summed E-state index contributed by atoms with van der Waals surface area (Å²) >= 11 is 5.16. The Morgan fingerprint density at radius 3 is 2.76 bits per heavy atom. The Balaban J connectivity index is 2.07. The van der Waals surface area contributed by atoms with Gasteiger partial charge in [-0.2, -0.15) is 5.10 Å². The summed E-state index contributed by atoms with van der Waals surface area (Å²) in [6.07, 6.45) is 0. The van der Waals surface area contributed by atoms with E-state index in [-0.39, 0.29) is 0 Å². The summed E-state index contributed by atoms with van der Waals surface area (Å²) in [7, 11) is 1.96. The van der Waals surface area contributed by atoms with Crippen molar-refractivity contribution < 1.29 is 0 Å². The Kier molecular flexibility index (Phi) is 3.79. The first-order valence-electron chi connectivity index (χ1n) is 5.23. The Morgan fingerprint density at radius 2 is 2.18 bits per heavy atom. The van der Waals surface area contributed by atoms with Gasteiger partial charge < -0.3 is 5.73 Å². The number of aryl methyl sites for hydroxylation is 2. The minimum Gasteiger partial charge on any atom is -0.398 e. The second-order valence-electron chi connectivity index (χ2n) is 3.89. The topological polar surface area (TPSA) is 43.8 Å². The molecule has 0 amide bonds. The number of nitrogen functional groups attached to an aromatic ring is 1. The summed E-state index contributed by atoms with van der Waals surface area (Å²) in [5.74, 6) is 0.899. The lowest BCUT2D eigenvalue weighted by molar-refractivity contribution is 0.692. The third-order valence-electron chi connectivity index (χ3n) is 2.41. The first kappa shape index (κ1) is 12.5. The maximum absolute atomic E-state index is 5.85. The smallest absolute Gasteiger partial charge is 0.0942 e. The SMILES string of the molecule is Cc1cc(SCc2ccc(Br)c(N)c2)n(C)n1. The highest BCUT2D eigenvalue weighted by molar-refractivity contribution is 9.10. The summed E-state index contributed by atoms with van der Waals surface area (Å²) in [5.41, 5.74) is 8.90. The number of thioether (sulfide) groups is 1.